The highest BCUT2D eigenvalue weighted by Crippen LogP contribution is 2.25. The molecule has 2 heterocycles. The minimum absolute atomic E-state index is 0.341. The Labute approximate surface area is 143 Å². The van der Waals surface area contributed by atoms with Crippen molar-refractivity contribution in [2.45, 2.75) is 25.8 Å². The number of ether oxygens (including phenoxy) is 1. The summed E-state index contributed by atoms with van der Waals surface area (Å²) in [6.07, 6.45) is 3.74. The van der Waals surface area contributed by atoms with Crippen molar-refractivity contribution in [2.75, 3.05) is 44.8 Å². The molecule has 0 spiro atoms. The average molecular weight is 340 g/mol. The summed E-state index contributed by atoms with van der Waals surface area (Å²) >= 11 is 6.23. The molecule has 0 bridgehead atoms. The normalized spacial score (nSPS) is 18.3. The van der Waals surface area contributed by atoms with Crippen molar-refractivity contribution in [3.05, 3.63) is 23.4 Å². The molecule has 1 atom stereocenters. The van der Waals surface area contributed by atoms with E-state index in [1.807, 2.05) is 12.1 Å². The van der Waals surface area contributed by atoms with Gasteiger partial charge in [0.25, 0.3) is 0 Å². The lowest BCUT2D eigenvalue weighted by molar-refractivity contribution is 0.197. The molecule has 1 aliphatic rings. The zero-order chi connectivity index (χ0) is 16.5. The molecule has 1 saturated heterocycles. The molecule has 0 saturated carbocycles. The van der Waals surface area contributed by atoms with Crippen LogP contribution < -0.4 is 15.5 Å². The quantitative estimate of drug-likeness (QED) is 0.451. The fourth-order valence-electron chi connectivity index (χ4n) is 2.59. The number of methoxy groups -OCH3 is 1. The minimum Gasteiger partial charge on any atom is -0.385 e. The Morgan fingerprint density at radius 3 is 3.17 bits per heavy atom. The maximum atomic E-state index is 6.23. The molecule has 0 amide bonds. The van der Waals surface area contributed by atoms with Crippen molar-refractivity contribution in [1.82, 2.24) is 15.6 Å². The first-order chi connectivity index (χ1) is 11.2. The maximum Gasteiger partial charge on any atom is 0.191 e. The van der Waals surface area contributed by atoms with E-state index < -0.39 is 0 Å². The van der Waals surface area contributed by atoms with Gasteiger partial charge < -0.3 is 20.3 Å². The van der Waals surface area contributed by atoms with Crippen LogP contribution in [-0.4, -0.2) is 56.9 Å². The zero-order valence-electron chi connectivity index (χ0n) is 13.9. The molecule has 7 heteroatoms. The predicted molar refractivity (Wildman–Crippen MR) is 95.5 cm³/mol. The van der Waals surface area contributed by atoms with Crippen molar-refractivity contribution in [3.8, 4) is 0 Å². The Kier molecular flexibility index (Phi) is 7.42. The smallest absolute Gasteiger partial charge is 0.191 e. The third-order valence-corrected chi connectivity index (χ3v) is 3.98. The van der Waals surface area contributed by atoms with Crippen molar-refractivity contribution in [3.63, 3.8) is 0 Å². The lowest BCUT2D eigenvalue weighted by Gasteiger charge is -2.20. The van der Waals surface area contributed by atoms with E-state index in [9.17, 15) is 0 Å². The SMILES string of the molecule is CCNC(=NCCCOC)NC1CCN(c2ncccc2Cl)C1. The number of guanidine groups is 1. The van der Waals surface area contributed by atoms with Gasteiger partial charge in [0, 0.05) is 52.1 Å². The number of hydrogen-bond acceptors (Lipinski definition) is 4. The first-order valence-electron chi connectivity index (χ1n) is 8.13. The number of nitrogens with one attached hydrogen (secondary N) is 2. The van der Waals surface area contributed by atoms with Crippen molar-refractivity contribution in [1.29, 1.82) is 0 Å². The Balaban J connectivity index is 1.88. The monoisotopic (exact) mass is 339 g/mol. The summed E-state index contributed by atoms with van der Waals surface area (Å²) in [7, 11) is 1.71. The van der Waals surface area contributed by atoms with Gasteiger partial charge in [0.05, 0.1) is 5.02 Å². The lowest BCUT2D eigenvalue weighted by atomic mass is 10.3. The molecule has 23 heavy (non-hydrogen) atoms. The minimum atomic E-state index is 0.341. The van der Waals surface area contributed by atoms with E-state index in [4.69, 9.17) is 16.3 Å². The van der Waals surface area contributed by atoms with Gasteiger partial charge in [0.1, 0.15) is 5.82 Å². The molecule has 0 aliphatic carbocycles. The largest absolute Gasteiger partial charge is 0.385 e. The number of pyridine rings is 1. The van der Waals surface area contributed by atoms with Crippen LogP contribution in [0.15, 0.2) is 23.3 Å². The molecule has 2 rings (SSSR count). The molecule has 0 aromatic carbocycles. The lowest BCUT2D eigenvalue weighted by Crippen LogP contribution is -2.44. The Morgan fingerprint density at radius 2 is 2.43 bits per heavy atom. The molecule has 0 radical (unpaired) electrons. The third-order valence-electron chi connectivity index (χ3n) is 3.69. The van der Waals surface area contributed by atoms with Gasteiger partial charge in [-0.05, 0) is 31.9 Å². The molecule has 1 fully saturated rings. The van der Waals surface area contributed by atoms with Gasteiger partial charge in [-0.25, -0.2) is 4.98 Å². The summed E-state index contributed by atoms with van der Waals surface area (Å²) in [5.74, 6) is 1.73. The number of nitrogens with zero attached hydrogens (tertiary/aromatic N) is 3. The van der Waals surface area contributed by atoms with Crippen LogP contribution in [0.5, 0.6) is 0 Å². The van der Waals surface area contributed by atoms with E-state index in [-0.39, 0.29) is 0 Å². The summed E-state index contributed by atoms with van der Waals surface area (Å²) < 4.78 is 5.06. The first kappa shape index (κ1) is 17.8. The summed E-state index contributed by atoms with van der Waals surface area (Å²) in [5, 5.41) is 7.49. The number of anilines is 1. The zero-order valence-corrected chi connectivity index (χ0v) is 14.6. The van der Waals surface area contributed by atoms with Gasteiger partial charge >= 0.3 is 0 Å². The Hall–Kier alpha value is -1.53. The molecule has 1 aromatic heterocycles. The number of aromatic nitrogens is 1. The number of rotatable bonds is 7. The topological polar surface area (TPSA) is 61.8 Å². The first-order valence-corrected chi connectivity index (χ1v) is 8.51. The van der Waals surface area contributed by atoms with Gasteiger partial charge in [0.15, 0.2) is 5.96 Å². The van der Waals surface area contributed by atoms with Crippen LogP contribution in [0.25, 0.3) is 0 Å². The van der Waals surface area contributed by atoms with E-state index in [2.05, 4.69) is 32.4 Å². The standard InChI is InChI=1S/C16H26ClN5O/c1-3-18-16(20-9-5-11-23-2)21-13-7-10-22(12-13)15-14(17)6-4-8-19-15/h4,6,8,13H,3,5,7,9-12H2,1-2H3,(H2,18,20,21). The highest BCUT2D eigenvalue weighted by atomic mass is 35.5. The number of hydrogen-bond donors (Lipinski definition) is 2. The number of halogens is 1. The second-order valence-corrected chi connectivity index (χ2v) is 5.90. The fraction of sp³-hybridized carbons (Fsp3) is 0.625. The average Bonchev–Trinajstić information content (AvgIpc) is 3.00. The van der Waals surface area contributed by atoms with Gasteiger partial charge in [0.2, 0.25) is 0 Å². The van der Waals surface area contributed by atoms with E-state index in [1.165, 1.54) is 0 Å². The van der Waals surface area contributed by atoms with Crippen LogP contribution in [0.3, 0.4) is 0 Å². The van der Waals surface area contributed by atoms with Gasteiger partial charge in [-0.1, -0.05) is 11.6 Å². The highest BCUT2D eigenvalue weighted by molar-refractivity contribution is 6.32. The molecule has 128 valence electrons. The molecule has 1 aliphatic heterocycles. The van der Waals surface area contributed by atoms with Crippen molar-refractivity contribution >= 4 is 23.4 Å². The molecule has 1 unspecified atom stereocenters. The highest BCUT2D eigenvalue weighted by Gasteiger charge is 2.25. The van der Waals surface area contributed by atoms with E-state index in [0.717, 1.165) is 57.4 Å². The molecular formula is C16H26ClN5O. The van der Waals surface area contributed by atoms with Gasteiger partial charge in [-0.15, -0.1) is 0 Å². The molecular weight excluding hydrogens is 314 g/mol. The predicted octanol–water partition coefficient (Wildman–Crippen LogP) is 1.91. The summed E-state index contributed by atoms with van der Waals surface area (Å²) in [5.41, 5.74) is 0. The molecule has 6 nitrogen and oxygen atoms in total. The van der Waals surface area contributed by atoms with Crippen LogP contribution in [0.2, 0.25) is 5.02 Å². The third kappa shape index (κ3) is 5.55. The van der Waals surface area contributed by atoms with Crippen LogP contribution in [-0.2, 0) is 4.74 Å². The fourth-order valence-corrected chi connectivity index (χ4v) is 2.83. The molecule has 2 N–H and O–H groups in total. The number of aliphatic imine (C=N–C) groups is 1. The van der Waals surface area contributed by atoms with E-state index in [1.54, 1.807) is 13.3 Å². The van der Waals surface area contributed by atoms with Crippen LogP contribution >= 0.6 is 11.6 Å². The van der Waals surface area contributed by atoms with E-state index in [0.29, 0.717) is 11.1 Å². The second kappa shape index (κ2) is 9.57. The Morgan fingerprint density at radius 1 is 1.57 bits per heavy atom. The second-order valence-electron chi connectivity index (χ2n) is 5.49. The maximum absolute atomic E-state index is 6.23. The van der Waals surface area contributed by atoms with Crippen LogP contribution in [0, 0.1) is 0 Å². The van der Waals surface area contributed by atoms with E-state index >= 15 is 0 Å². The van der Waals surface area contributed by atoms with Crippen molar-refractivity contribution < 1.29 is 4.74 Å². The van der Waals surface area contributed by atoms with Crippen molar-refractivity contribution in [2.24, 2.45) is 4.99 Å². The summed E-state index contributed by atoms with van der Waals surface area (Å²) in [6, 6.07) is 4.08. The summed E-state index contributed by atoms with van der Waals surface area (Å²) in [4.78, 5) is 11.2. The molecule has 1 aromatic rings. The Bertz CT molecular complexity index is 511. The summed E-state index contributed by atoms with van der Waals surface area (Å²) in [6.45, 7) is 6.22. The van der Waals surface area contributed by atoms with Gasteiger partial charge in [-0.3, -0.25) is 4.99 Å². The van der Waals surface area contributed by atoms with Crippen LogP contribution in [0.1, 0.15) is 19.8 Å². The van der Waals surface area contributed by atoms with Gasteiger partial charge in [-0.2, -0.15) is 0 Å². The van der Waals surface area contributed by atoms with Crippen LogP contribution in [0.4, 0.5) is 5.82 Å².